The molecule has 7 heteroatoms. The number of pyridine rings is 1. The first-order chi connectivity index (χ1) is 18.9. The number of nitrogens with zero attached hydrogens (tertiary/aromatic N) is 4. The number of halogens is 1. The number of thiocarbonyl (C=S) groups is 1. The molecule has 0 unspecified atom stereocenters. The summed E-state index contributed by atoms with van der Waals surface area (Å²) in [7, 11) is 0. The number of aryl methyl sites for hydroxylation is 1. The Bertz CT molecular complexity index is 1470. The van der Waals surface area contributed by atoms with E-state index in [0.29, 0.717) is 16.9 Å². The summed E-state index contributed by atoms with van der Waals surface area (Å²) in [5.74, 6) is 1.30. The van der Waals surface area contributed by atoms with Crippen molar-refractivity contribution in [1.82, 2.24) is 14.9 Å². The van der Waals surface area contributed by atoms with Gasteiger partial charge >= 0.3 is 0 Å². The monoisotopic (exact) mass is 555 g/mol. The van der Waals surface area contributed by atoms with E-state index in [1.807, 2.05) is 18.3 Å². The van der Waals surface area contributed by atoms with Crippen LogP contribution < -0.4 is 15.1 Å². The van der Waals surface area contributed by atoms with Crippen molar-refractivity contribution in [2.45, 2.75) is 39.3 Å². The average molecular weight is 556 g/mol. The lowest BCUT2D eigenvalue weighted by Gasteiger charge is -2.37. The van der Waals surface area contributed by atoms with Crippen LogP contribution in [0.1, 0.15) is 49.3 Å². The highest BCUT2D eigenvalue weighted by Gasteiger charge is 2.42. The molecule has 2 aromatic heterocycles. The number of nitrogens with one attached hydrogen (secondary N) is 1. The van der Waals surface area contributed by atoms with Gasteiger partial charge in [0.1, 0.15) is 6.04 Å². The third-order valence-electron chi connectivity index (χ3n) is 7.88. The molecule has 0 aliphatic carbocycles. The van der Waals surface area contributed by atoms with Gasteiger partial charge in [-0.1, -0.05) is 43.6 Å². The first-order valence-corrected chi connectivity index (χ1v) is 14.5. The van der Waals surface area contributed by atoms with Gasteiger partial charge in [-0.3, -0.25) is 4.98 Å². The van der Waals surface area contributed by atoms with Gasteiger partial charge in [-0.15, -0.1) is 0 Å². The molecule has 2 aliphatic heterocycles. The number of aromatic nitrogens is 2. The maximum absolute atomic E-state index is 7.01. The SMILES string of the molecule is Cc1cccc(-n2cccc2[C@H]2[C@H](c3ccccn3)NC(=S)N2c2ccc(N3C[C@H](C)C[C@H](C)C3)c(Cl)c2)c1. The van der Waals surface area contributed by atoms with Crippen molar-refractivity contribution >= 4 is 40.3 Å². The summed E-state index contributed by atoms with van der Waals surface area (Å²) in [5.41, 5.74) is 6.48. The van der Waals surface area contributed by atoms with Crippen molar-refractivity contribution in [2.24, 2.45) is 11.8 Å². The van der Waals surface area contributed by atoms with Gasteiger partial charge in [0.25, 0.3) is 0 Å². The Balaban J connectivity index is 1.43. The Kier molecular flexibility index (Phi) is 7.08. The topological polar surface area (TPSA) is 36.3 Å². The van der Waals surface area contributed by atoms with E-state index < -0.39 is 0 Å². The molecule has 0 spiro atoms. The van der Waals surface area contributed by atoms with E-state index in [2.05, 4.69) is 107 Å². The molecule has 6 rings (SSSR count). The largest absolute Gasteiger partial charge is 0.370 e. The highest BCUT2D eigenvalue weighted by atomic mass is 35.5. The summed E-state index contributed by atoms with van der Waals surface area (Å²) >= 11 is 13.0. The molecule has 4 atom stereocenters. The molecule has 0 radical (unpaired) electrons. The molecular weight excluding hydrogens is 522 g/mol. The fourth-order valence-corrected chi connectivity index (χ4v) is 6.98. The minimum absolute atomic E-state index is 0.125. The first kappa shape index (κ1) is 25.9. The zero-order chi connectivity index (χ0) is 27.1. The minimum atomic E-state index is -0.126. The number of hydrogen-bond donors (Lipinski definition) is 1. The van der Waals surface area contributed by atoms with Crippen LogP contribution in [0.5, 0.6) is 0 Å². The number of anilines is 2. The number of benzene rings is 2. The minimum Gasteiger partial charge on any atom is -0.370 e. The van der Waals surface area contributed by atoms with E-state index in [0.717, 1.165) is 46.6 Å². The maximum Gasteiger partial charge on any atom is 0.174 e. The molecular formula is C32H34ClN5S. The van der Waals surface area contributed by atoms with Crippen LogP contribution in [0, 0.1) is 18.8 Å². The van der Waals surface area contributed by atoms with Crippen molar-refractivity contribution in [2.75, 3.05) is 22.9 Å². The Labute approximate surface area is 241 Å². The summed E-state index contributed by atoms with van der Waals surface area (Å²) in [4.78, 5) is 9.35. The van der Waals surface area contributed by atoms with Gasteiger partial charge in [0, 0.05) is 42.6 Å². The second-order valence-electron chi connectivity index (χ2n) is 11.1. The summed E-state index contributed by atoms with van der Waals surface area (Å²) in [6.07, 6.45) is 5.22. The van der Waals surface area contributed by atoms with Crippen LogP contribution in [0.3, 0.4) is 0 Å². The van der Waals surface area contributed by atoms with E-state index in [-0.39, 0.29) is 12.1 Å². The van der Waals surface area contributed by atoms with Crippen LogP contribution in [-0.2, 0) is 0 Å². The molecule has 200 valence electrons. The van der Waals surface area contributed by atoms with Crippen LogP contribution in [0.15, 0.2) is 85.2 Å². The third-order valence-corrected chi connectivity index (χ3v) is 8.50. The molecule has 2 aromatic carbocycles. The van der Waals surface area contributed by atoms with Gasteiger partial charge in [-0.05, 0) is 97.6 Å². The maximum atomic E-state index is 7.01. The zero-order valence-corrected chi connectivity index (χ0v) is 24.2. The van der Waals surface area contributed by atoms with Crippen molar-refractivity contribution < 1.29 is 0 Å². The predicted molar refractivity (Wildman–Crippen MR) is 165 cm³/mol. The fraction of sp³-hybridized carbons (Fsp3) is 0.312. The molecule has 2 fully saturated rings. The quantitative estimate of drug-likeness (QED) is 0.258. The molecule has 39 heavy (non-hydrogen) atoms. The Hall–Kier alpha value is -3.35. The van der Waals surface area contributed by atoms with E-state index in [4.69, 9.17) is 28.8 Å². The lowest BCUT2D eigenvalue weighted by molar-refractivity contribution is 0.357. The van der Waals surface area contributed by atoms with Gasteiger partial charge < -0.3 is 19.7 Å². The molecule has 0 amide bonds. The lowest BCUT2D eigenvalue weighted by atomic mass is 9.91. The molecule has 5 nitrogen and oxygen atoms in total. The van der Waals surface area contributed by atoms with Gasteiger partial charge in [0.15, 0.2) is 5.11 Å². The normalized spacial score (nSPS) is 23.2. The molecule has 2 aliphatic rings. The van der Waals surface area contributed by atoms with Crippen LogP contribution in [-0.4, -0.2) is 27.8 Å². The number of hydrogen-bond acceptors (Lipinski definition) is 3. The molecule has 2 saturated heterocycles. The zero-order valence-electron chi connectivity index (χ0n) is 22.6. The molecule has 4 heterocycles. The number of piperidine rings is 1. The van der Waals surface area contributed by atoms with Crippen LogP contribution >= 0.6 is 23.8 Å². The van der Waals surface area contributed by atoms with Crippen molar-refractivity contribution in [3.63, 3.8) is 0 Å². The van der Waals surface area contributed by atoms with Crippen molar-refractivity contribution in [3.05, 3.63) is 107 Å². The Morgan fingerprint density at radius 3 is 2.46 bits per heavy atom. The highest BCUT2D eigenvalue weighted by molar-refractivity contribution is 7.80. The fourth-order valence-electron chi connectivity index (χ4n) is 6.34. The van der Waals surface area contributed by atoms with Crippen LogP contribution in [0.4, 0.5) is 11.4 Å². The Morgan fingerprint density at radius 1 is 0.923 bits per heavy atom. The summed E-state index contributed by atoms with van der Waals surface area (Å²) in [6, 6.07) is 25.0. The van der Waals surface area contributed by atoms with E-state index >= 15 is 0 Å². The van der Waals surface area contributed by atoms with Gasteiger partial charge in [-0.2, -0.15) is 0 Å². The standard InChI is InChI=1S/C32H34ClN5S/c1-21-8-6-9-24(17-21)37-15-7-11-29(37)31-30(27-10-4-5-14-34-27)35-32(39)38(31)25-12-13-28(26(33)18-25)36-19-22(2)16-23(3)20-36/h4-15,17-18,22-23,30-31H,16,19-20H2,1-3H3,(H,35,39)/t22-,23+,30-,31-/m0/s1. The van der Waals surface area contributed by atoms with E-state index in [9.17, 15) is 0 Å². The molecule has 0 saturated carbocycles. The van der Waals surface area contributed by atoms with Crippen molar-refractivity contribution in [1.29, 1.82) is 0 Å². The van der Waals surface area contributed by atoms with Crippen LogP contribution in [0.2, 0.25) is 5.02 Å². The number of rotatable bonds is 5. The summed E-state index contributed by atoms with van der Waals surface area (Å²) in [6.45, 7) is 8.83. The molecule has 0 bridgehead atoms. The van der Waals surface area contributed by atoms with Crippen molar-refractivity contribution in [3.8, 4) is 5.69 Å². The van der Waals surface area contributed by atoms with E-state index in [1.54, 1.807) is 0 Å². The predicted octanol–water partition coefficient (Wildman–Crippen LogP) is 7.49. The summed E-state index contributed by atoms with van der Waals surface area (Å²) in [5, 5.41) is 5.00. The highest BCUT2D eigenvalue weighted by Crippen LogP contribution is 2.44. The second-order valence-corrected chi connectivity index (χ2v) is 11.9. The third kappa shape index (κ3) is 5.04. The second kappa shape index (κ2) is 10.7. The lowest BCUT2D eigenvalue weighted by Crippen LogP contribution is -2.38. The van der Waals surface area contributed by atoms with Gasteiger partial charge in [0.05, 0.1) is 22.4 Å². The smallest absolute Gasteiger partial charge is 0.174 e. The molecule has 1 N–H and O–H groups in total. The van der Waals surface area contributed by atoms with Gasteiger partial charge in [0.2, 0.25) is 0 Å². The first-order valence-electron chi connectivity index (χ1n) is 13.7. The van der Waals surface area contributed by atoms with E-state index in [1.165, 1.54) is 12.0 Å². The van der Waals surface area contributed by atoms with Gasteiger partial charge in [-0.25, -0.2) is 0 Å². The average Bonchev–Trinajstić information content (AvgIpc) is 3.53. The Morgan fingerprint density at radius 2 is 1.74 bits per heavy atom. The summed E-state index contributed by atoms with van der Waals surface area (Å²) < 4.78 is 2.25. The molecule has 4 aromatic rings. The van der Waals surface area contributed by atoms with Crippen LogP contribution in [0.25, 0.3) is 5.69 Å².